The van der Waals surface area contributed by atoms with Crippen molar-refractivity contribution < 1.29 is 19.1 Å². The van der Waals surface area contributed by atoms with Crippen LogP contribution in [0.1, 0.15) is 23.0 Å². The standard InChI is InChI=1S/C30H30N4O4S/c1-30(29(36)31-18-21-8-5-6-11-27(21)38-3)19-33-26(17-25(32-33)20-12-14-23(37-2)15-13-20)28(35)34(30)22-9-7-10-24(16-22)39-4/h5-17H,18-19H2,1-4H3,(H,31,36). The smallest absolute Gasteiger partial charge is 0.277 e. The normalized spacial score (nSPS) is 16.5. The number of anilines is 1. The van der Waals surface area contributed by atoms with Gasteiger partial charge in [0.25, 0.3) is 5.91 Å². The van der Waals surface area contributed by atoms with Gasteiger partial charge in [-0.3, -0.25) is 19.2 Å². The summed E-state index contributed by atoms with van der Waals surface area (Å²) < 4.78 is 12.4. The summed E-state index contributed by atoms with van der Waals surface area (Å²) in [5, 5.41) is 7.78. The molecule has 0 spiro atoms. The minimum absolute atomic E-state index is 0.186. The number of hydrogen-bond acceptors (Lipinski definition) is 6. The van der Waals surface area contributed by atoms with Crippen LogP contribution in [-0.2, 0) is 17.9 Å². The number of amides is 2. The van der Waals surface area contributed by atoms with E-state index in [0.29, 0.717) is 22.8 Å². The zero-order valence-corrected chi connectivity index (χ0v) is 23.1. The number of thioether (sulfide) groups is 1. The van der Waals surface area contributed by atoms with E-state index in [9.17, 15) is 9.59 Å². The maximum atomic E-state index is 14.1. The van der Waals surface area contributed by atoms with Crippen LogP contribution in [0.5, 0.6) is 11.5 Å². The Kier molecular flexibility index (Phi) is 7.34. The molecule has 0 saturated heterocycles. The molecular formula is C30H30N4O4S. The second-order valence-corrected chi connectivity index (χ2v) is 10.3. The molecule has 2 amide bonds. The molecular weight excluding hydrogens is 512 g/mol. The maximum Gasteiger partial charge on any atom is 0.277 e. The number of para-hydroxylation sites is 1. The van der Waals surface area contributed by atoms with Gasteiger partial charge < -0.3 is 14.8 Å². The first-order chi connectivity index (χ1) is 18.9. The molecule has 1 unspecified atom stereocenters. The van der Waals surface area contributed by atoms with E-state index in [4.69, 9.17) is 14.6 Å². The molecule has 5 rings (SSSR count). The third kappa shape index (κ3) is 4.97. The Hall–Kier alpha value is -4.24. The van der Waals surface area contributed by atoms with E-state index in [-0.39, 0.29) is 24.9 Å². The molecule has 200 valence electrons. The number of carbonyl (C=O) groups is 2. The summed E-state index contributed by atoms with van der Waals surface area (Å²) in [7, 11) is 3.21. The molecule has 1 aliphatic heterocycles. The predicted molar refractivity (Wildman–Crippen MR) is 152 cm³/mol. The fourth-order valence-electron chi connectivity index (χ4n) is 4.85. The number of fused-ring (bicyclic) bond motifs is 1. The second kappa shape index (κ2) is 10.9. The van der Waals surface area contributed by atoms with E-state index in [1.165, 1.54) is 0 Å². The molecule has 1 aliphatic rings. The number of benzene rings is 3. The first kappa shape index (κ1) is 26.4. The summed E-state index contributed by atoms with van der Waals surface area (Å²) in [6, 6.07) is 24.5. The van der Waals surface area contributed by atoms with E-state index in [1.54, 1.807) is 48.6 Å². The Balaban J connectivity index is 1.54. The van der Waals surface area contributed by atoms with Crippen molar-refractivity contribution in [1.82, 2.24) is 15.1 Å². The van der Waals surface area contributed by atoms with Crippen molar-refractivity contribution in [3.8, 4) is 22.8 Å². The molecule has 9 heteroatoms. The first-order valence-corrected chi connectivity index (χ1v) is 13.7. The monoisotopic (exact) mass is 542 g/mol. The minimum atomic E-state index is -1.24. The fourth-order valence-corrected chi connectivity index (χ4v) is 5.31. The lowest BCUT2D eigenvalue weighted by Crippen LogP contribution is -2.64. The van der Waals surface area contributed by atoms with Gasteiger partial charge in [-0.1, -0.05) is 24.3 Å². The highest BCUT2D eigenvalue weighted by Crippen LogP contribution is 2.36. The average molecular weight is 543 g/mol. The quantitative estimate of drug-likeness (QED) is 0.315. The molecule has 1 N–H and O–H groups in total. The van der Waals surface area contributed by atoms with Gasteiger partial charge in [0.2, 0.25) is 5.91 Å². The molecule has 8 nitrogen and oxygen atoms in total. The third-order valence-electron chi connectivity index (χ3n) is 6.97. The van der Waals surface area contributed by atoms with Crippen molar-refractivity contribution in [1.29, 1.82) is 0 Å². The summed E-state index contributed by atoms with van der Waals surface area (Å²) >= 11 is 1.58. The number of aromatic nitrogens is 2. The van der Waals surface area contributed by atoms with Crippen molar-refractivity contribution in [3.63, 3.8) is 0 Å². The Morgan fingerprint density at radius 2 is 1.79 bits per heavy atom. The van der Waals surface area contributed by atoms with Gasteiger partial charge >= 0.3 is 0 Å². The van der Waals surface area contributed by atoms with E-state index in [2.05, 4.69) is 5.32 Å². The van der Waals surface area contributed by atoms with Gasteiger partial charge in [0.1, 0.15) is 22.7 Å². The summed E-state index contributed by atoms with van der Waals surface area (Å²) in [5.41, 5.74) is 2.18. The molecule has 1 aromatic heterocycles. The van der Waals surface area contributed by atoms with E-state index in [1.807, 2.05) is 79.1 Å². The molecule has 0 fully saturated rings. The number of methoxy groups -OCH3 is 2. The molecule has 1 atom stereocenters. The van der Waals surface area contributed by atoms with Gasteiger partial charge in [0.15, 0.2) is 0 Å². The molecule has 0 aliphatic carbocycles. The maximum absolute atomic E-state index is 14.1. The lowest BCUT2D eigenvalue weighted by Gasteiger charge is -2.43. The summed E-state index contributed by atoms with van der Waals surface area (Å²) in [6.45, 7) is 2.23. The van der Waals surface area contributed by atoms with Crippen LogP contribution < -0.4 is 19.7 Å². The largest absolute Gasteiger partial charge is 0.497 e. The third-order valence-corrected chi connectivity index (χ3v) is 7.70. The number of nitrogens with one attached hydrogen (secondary N) is 1. The highest BCUT2D eigenvalue weighted by molar-refractivity contribution is 7.98. The molecule has 39 heavy (non-hydrogen) atoms. The highest BCUT2D eigenvalue weighted by Gasteiger charge is 2.49. The molecule has 0 bridgehead atoms. The molecule has 0 radical (unpaired) electrons. The second-order valence-electron chi connectivity index (χ2n) is 9.41. The summed E-state index contributed by atoms with van der Waals surface area (Å²) in [5.74, 6) is 0.841. The van der Waals surface area contributed by atoms with Crippen LogP contribution in [0.2, 0.25) is 0 Å². The Morgan fingerprint density at radius 3 is 2.51 bits per heavy atom. The van der Waals surface area contributed by atoms with Gasteiger partial charge in [-0.2, -0.15) is 5.10 Å². The van der Waals surface area contributed by atoms with Gasteiger partial charge in [0, 0.05) is 28.3 Å². The number of ether oxygens (including phenoxy) is 2. The first-order valence-electron chi connectivity index (χ1n) is 12.5. The van der Waals surface area contributed by atoms with Crippen molar-refractivity contribution >= 4 is 29.3 Å². The number of nitrogens with zero attached hydrogens (tertiary/aromatic N) is 3. The topological polar surface area (TPSA) is 85.7 Å². The summed E-state index contributed by atoms with van der Waals surface area (Å²) in [4.78, 5) is 30.6. The van der Waals surface area contributed by atoms with Crippen LogP contribution in [0.4, 0.5) is 5.69 Å². The van der Waals surface area contributed by atoms with Crippen LogP contribution in [0.3, 0.4) is 0 Å². The van der Waals surface area contributed by atoms with Gasteiger partial charge in [0.05, 0.1) is 26.5 Å². The zero-order valence-electron chi connectivity index (χ0n) is 22.3. The van der Waals surface area contributed by atoms with Crippen LogP contribution in [0.25, 0.3) is 11.3 Å². The van der Waals surface area contributed by atoms with Crippen LogP contribution in [0.15, 0.2) is 83.8 Å². The van der Waals surface area contributed by atoms with E-state index < -0.39 is 5.54 Å². The Bertz CT molecular complexity index is 1520. The van der Waals surface area contributed by atoms with Crippen LogP contribution in [0, 0.1) is 0 Å². The number of carbonyl (C=O) groups excluding carboxylic acids is 2. The minimum Gasteiger partial charge on any atom is -0.497 e. The molecule has 2 heterocycles. The number of rotatable bonds is 8. The Labute approximate surface area is 231 Å². The highest BCUT2D eigenvalue weighted by atomic mass is 32.2. The van der Waals surface area contributed by atoms with Crippen LogP contribution >= 0.6 is 11.8 Å². The van der Waals surface area contributed by atoms with Gasteiger partial charge in [-0.25, -0.2) is 0 Å². The number of hydrogen-bond donors (Lipinski definition) is 1. The fraction of sp³-hybridized carbons (Fsp3) is 0.233. The van der Waals surface area contributed by atoms with Crippen LogP contribution in [-0.4, -0.2) is 47.6 Å². The molecule has 0 saturated carbocycles. The van der Waals surface area contributed by atoms with Crippen molar-refractivity contribution in [2.45, 2.75) is 30.4 Å². The zero-order chi connectivity index (χ0) is 27.6. The predicted octanol–water partition coefficient (Wildman–Crippen LogP) is 5.02. The SMILES string of the molecule is COc1ccc(-c2cc3n(n2)CC(C)(C(=O)NCc2ccccc2OC)N(c2cccc(SC)c2)C3=O)cc1. The Morgan fingerprint density at radius 1 is 1.03 bits per heavy atom. The van der Waals surface area contributed by atoms with Crippen molar-refractivity contribution in [3.05, 3.63) is 90.1 Å². The molecule has 4 aromatic rings. The van der Waals surface area contributed by atoms with Gasteiger partial charge in [-0.15, -0.1) is 11.8 Å². The molecule has 3 aromatic carbocycles. The van der Waals surface area contributed by atoms with Crippen molar-refractivity contribution in [2.75, 3.05) is 25.4 Å². The lowest BCUT2D eigenvalue weighted by molar-refractivity contribution is -0.126. The van der Waals surface area contributed by atoms with Gasteiger partial charge in [-0.05, 0) is 67.8 Å². The average Bonchev–Trinajstić information content (AvgIpc) is 3.40. The van der Waals surface area contributed by atoms with E-state index in [0.717, 1.165) is 21.8 Å². The van der Waals surface area contributed by atoms with E-state index >= 15 is 0 Å². The lowest BCUT2D eigenvalue weighted by atomic mass is 9.93. The van der Waals surface area contributed by atoms with Crippen molar-refractivity contribution in [2.24, 2.45) is 0 Å². The summed E-state index contributed by atoms with van der Waals surface area (Å²) in [6.07, 6.45) is 1.98.